The van der Waals surface area contributed by atoms with Crippen molar-refractivity contribution >= 4 is 17.2 Å². The maximum atomic E-state index is 12.4. The van der Waals surface area contributed by atoms with Gasteiger partial charge in [-0.25, -0.2) is 0 Å². The maximum absolute atomic E-state index is 12.4. The van der Waals surface area contributed by atoms with Crippen LogP contribution in [0, 0.1) is 0 Å². The second-order valence-corrected chi connectivity index (χ2v) is 5.23. The van der Waals surface area contributed by atoms with Crippen molar-refractivity contribution in [1.82, 2.24) is 9.88 Å². The largest absolute Gasteiger partial charge is 0.332 e. The first kappa shape index (κ1) is 11.4. The molecule has 0 saturated carbocycles. The minimum Gasteiger partial charge on any atom is -0.332 e. The number of pyridine rings is 1. The Morgan fingerprint density at radius 1 is 1.44 bits per heavy atom. The molecule has 18 heavy (non-hydrogen) atoms. The van der Waals surface area contributed by atoms with Crippen LogP contribution in [-0.4, -0.2) is 22.3 Å². The first-order chi connectivity index (χ1) is 8.86. The number of hydrogen-bond donors (Lipinski definition) is 0. The molecule has 1 aliphatic heterocycles. The Bertz CT molecular complexity index is 524. The fourth-order valence-electron chi connectivity index (χ4n) is 2.48. The topological polar surface area (TPSA) is 33.2 Å². The summed E-state index contributed by atoms with van der Waals surface area (Å²) in [6.45, 7) is 0.842. The zero-order valence-corrected chi connectivity index (χ0v) is 10.8. The molecule has 0 aromatic carbocycles. The molecule has 0 radical (unpaired) electrons. The van der Waals surface area contributed by atoms with Gasteiger partial charge in [0.25, 0.3) is 5.91 Å². The van der Waals surface area contributed by atoms with Crippen molar-refractivity contribution in [2.24, 2.45) is 0 Å². The van der Waals surface area contributed by atoms with Crippen molar-refractivity contribution < 1.29 is 4.79 Å². The molecule has 1 aliphatic rings. The van der Waals surface area contributed by atoms with Crippen molar-refractivity contribution in [3.05, 3.63) is 52.5 Å². The van der Waals surface area contributed by atoms with Gasteiger partial charge in [0.05, 0.1) is 11.6 Å². The smallest absolute Gasteiger partial charge is 0.255 e. The van der Waals surface area contributed by atoms with Crippen molar-refractivity contribution in [2.45, 2.75) is 18.9 Å². The molecule has 1 unspecified atom stereocenters. The second-order valence-electron chi connectivity index (χ2n) is 4.45. The summed E-state index contributed by atoms with van der Waals surface area (Å²) in [5, 5.41) is 4.21. The van der Waals surface area contributed by atoms with Crippen molar-refractivity contribution in [2.75, 3.05) is 6.54 Å². The van der Waals surface area contributed by atoms with E-state index in [1.807, 2.05) is 17.0 Å². The Kier molecular flexibility index (Phi) is 3.11. The van der Waals surface area contributed by atoms with E-state index < -0.39 is 0 Å². The molecule has 0 spiro atoms. The molecule has 1 fully saturated rings. The van der Waals surface area contributed by atoms with Gasteiger partial charge in [0.15, 0.2) is 0 Å². The highest BCUT2D eigenvalue weighted by Gasteiger charge is 2.30. The van der Waals surface area contributed by atoms with Gasteiger partial charge in [-0.2, -0.15) is 11.3 Å². The average molecular weight is 258 g/mol. The van der Waals surface area contributed by atoms with E-state index in [4.69, 9.17) is 0 Å². The Hall–Kier alpha value is -1.68. The standard InChI is InChI=1S/C14H14N2OS/c17-14(11-3-1-6-15-9-11)16-7-2-4-13(16)12-5-8-18-10-12/h1,3,5-6,8-10,13H,2,4,7H2. The Morgan fingerprint density at radius 2 is 2.39 bits per heavy atom. The van der Waals surface area contributed by atoms with Crippen LogP contribution in [0.15, 0.2) is 41.4 Å². The first-order valence-electron chi connectivity index (χ1n) is 6.09. The summed E-state index contributed by atoms with van der Waals surface area (Å²) < 4.78 is 0. The minimum absolute atomic E-state index is 0.0943. The predicted octanol–water partition coefficient (Wildman–Crippen LogP) is 3.12. The average Bonchev–Trinajstić information content (AvgIpc) is 3.09. The number of nitrogens with zero attached hydrogens (tertiary/aromatic N) is 2. The number of carbonyl (C=O) groups is 1. The molecule has 1 atom stereocenters. The van der Waals surface area contributed by atoms with Crippen LogP contribution in [0.5, 0.6) is 0 Å². The number of thiophene rings is 1. The minimum atomic E-state index is 0.0943. The van der Waals surface area contributed by atoms with Gasteiger partial charge >= 0.3 is 0 Å². The van der Waals surface area contributed by atoms with Gasteiger partial charge in [-0.3, -0.25) is 9.78 Å². The molecule has 0 bridgehead atoms. The summed E-state index contributed by atoms with van der Waals surface area (Å²) in [5.74, 6) is 0.0943. The molecule has 3 rings (SSSR count). The van der Waals surface area contributed by atoms with Gasteiger partial charge in [0.1, 0.15) is 0 Å². The van der Waals surface area contributed by atoms with Crippen LogP contribution in [-0.2, 0) is 0 Å². The fourth-order valence-corrected chi connectivity index (χ4v) is 3.18. The second kappa shape index (κ2) is 4.90. The lowest BCUT2D eigenvalue weighted by Gasteiger charge is -2.24. The number of rotatable bonds is 2. The van der Waals surface area contributed by atoms with Gasteiger partial charge in [0.2, 0.25) is 0 Å². The van der Waals surface area contributed by atoms with E-state index in [0.29, 0.717) is 5.56 Å². The molecule has 4 heteroatoms. The highest BCUT2D eigenvalue weighted by Crippen LogP contribution is 2.33. The summed E-state index contributed by atoms with van der Waals surface area (Å²) in [5.41, 5.74) is 1.94. The lowest BCUT2D eigenvalue weighted by atomic mass is 10.1. The van der Waals surface area contributed by atoms with Gasteiger partial charge in [0, 0.05) is 18.9 Å². The van der Waals surface area contributed by atoms with Crippen molar-refractivity contribution in [3.8, 4) is 0 Å². The third-order valence-electron chi connectivity index (χ3n) is 3.35. The molecule has 0 aliphatic carbocycles. The zero-order chi connectivity index (χ0) is 12.4. The molecule has 92 valence electrons. The van der Waals surface area contributed by atoms with E-state index in [0.717, 1.165) is 19.4 Å². The van der Waals surface area contributed by atoms with Crippen LogP contribution in [0.1, 0.15) is 34.8 Å². The van der Waals surface area contributed by atoms with Crippen LogP contribution < -0.4 is 0 Å². The van der Waals surface area contributed by atoms with Crippen molar-refractivity contribution in [1.29, 1.82) is 0 Å². The lowest BCUT2D eigenvalue weighted by Crippen LogP contribution is -2.30. The Labute approximate surface area is 110 Å². The van der Waals surface area contributed by atoms with Gasteiger partial charge in [-0.05, 0) is 47.4 Å². The quantitative estimate of drug-likeness (QED) is 0.829. The van der Waals surface area contributed by atoms with Gasteiger partial charge in [-0.1, -0.05) is 0 Å². The van der Waals surface area contributed by atoms with Gasteiger partial charge < -0.3 is 4.90 Å². The summed E-state index contributed by atoms with van der Waals surface area (Å²) in [4.78, 5) is 18.4. The number of aromatic nitrogens is 1. The number of amides is 1. The maximum Gasteiger partial charge on any atom is 0.255 e. The van der Waals surface area contributed by atoms with E-state index in [2.05, 4.69) is 21.8 Å². The molecule has 2 aromatic heterocycles. The molecular weight excluding hydrogens is 244 g/mol. The van der Waals surface area contributed by atoms with E-state index in [-0.39, 0.29) is 11.9 Å². The van der Waals surface area contributed by atoms with E-state index in [9.17, 15) is 4.79 Å². The monoisotopic (exact) mass is 258 g/mol. The summed E-state index contributed by atoms with van der Waals surface area (Å²) in [6.07, 6.45) is 5.47. The Balaban J connectivity index is 1.85. The normalized spacial score (nSPS) is 19.1. The van der Waals surface area contributed by atoms with Crippen LogP contribution in [0.2, 0.25) is 0 Å². The van der Waals surface area contributed by atoms with E-state index in [1.54, 1.807) is 23.7 Å². The third-order valence-corrected chi connectivity index (χ3v) is 4.05. The predicted molar refractivity (Wildman–Crippen MR) is 71.6 cm³/mol. The van der Waals surface area contributed by atoms with Crippen LogP contribution in [0.4, 0.5) is 0 Å². The zero-order valence-electron chi connectivity index (χ0n) is 9.95. The molecule has 2 aromatic rings. The number of likely N-dealkylation sites (tertiary alicyclic amines) is 1. The van der Waals surface area contributed by atoms with Gasteiger partial charge in [-0.15, -0.1) is 0 Å². The first-order valence-corrected chi connectivity index (χ1v) is 7.03. The summed E-state index contributed by atoms with van der Waals surface area (Å²) in [6, 6.07) is 6.00. The SMILES string of the molecule is O=C(c1cccnc1)N1CCCC1c1ccsc1. The Morgan fingerprint density at radius 3 is 3.11 bits per heavy atom. The van der Waals surface area contributed by atoms with Crippen molar-refractivity contribution in [3.63, 3.8) is 0 Å². The van der Waals surface area contributed by atoms with Crippen LogP contribution in [0.25, 0.3) is 0 Å². The number of carbonyl (C=O) groups excluding carboxylic acids is 1. The fraction of sp³-hybridized carbons (Fsp3) is 0.286. The molecule has 1 saturated heterocycles. The third kappa shape index (κ3) is 2.04. The highest BCUT2D eigenvalue weighted by molar-refractivity contribution is 7.07. The lowest BCUT2D eigenvalue weighted by molar-refractivity contribution is 0.0735. The molecule has 0 N–H and O–H groups in total. The molecular formula is C14H14N2OS. The van der Waals surface area contributed by atoms with Crippen LogP contribution in [0.3, 0.4) is 0 Å². The highest BCUT2D eigenvalue weighted by atomic mass is 32.1. The van der Waals surface area contributed by atoms with E-state index in [1.165, 1.54) is 5.56 Å². The van der Waals surface area contributed by atoms with E-state index >= 15 is 0 Å². The molecule has 3 heterocycles. The number of hydrogen-bond acceptors (Lipinski definition) is 3. The molecule has 1 amide bonds. The summed E-state index contributed by atoms with van der Waals surface area (Å²) >= 11 is 1.69. The summed E-state index contributed by atoms with van der Waals surface area (Å²) in [7, 11) is 0. The van der Waals surface area contributed by atoms with Crippen LogP contribution >= 0.6 is 11.3 Å². The molecule has 3 nitrogen and oxygen atoms in total.